The largest absolute Gasteiger partial charge is 0.330 e. The van der Waals surface area contributed by atoms with Crippen molar-refractivity contribution in [3.8, 4) is 12.3 Å². The molecule has 0 radical (unpaired) electrons. The van der Waals surface area contributed by atoms with Gasteiger partial charge >= 0.3 is 0 Å². The Bertz CT molecular complexity index is 403. The van der Waals surface area contributed by atoms with E-state index in [0.717, 1.165) is 0 Å². The Kier molecular flexibility index (Phi) is 4.02. The standard InChI is InChI=1S/C11H9Cl2NO/c1-3-7-14(2)11(15)10-8(12)5-4-6-9(10)13/h1,4-6H,7H2,2H3. The average molecular weight is 242 g/mol. The van der Waals surface area contributed by atoms with Gasteiger partial charge in [0.1, 0.15) is 0 Å². The summed E-state index contributed by atoms with van der Waals surface area (Å²) in [6.45, 7) is 0.223. The molecule has 1 rings (SSSR count). The first kappa shape index (κ1) is 11.9. The lowest BCUT2D eigenvalue weighted by atomic mass is 10.2. The first-order valence-electron chi connectivity index (χ1n) is 4.21. The van der Waals surface area contributed by atoms with E-state index in [1.165, 1.54) is 4.90 Å². The molecule has 15 heavy (non-hydrogen) atoms. The average Bonchev–Trinajstić information content (AvgIpc) is 2.17. The Morgan fingerprint density at radius 3 is 2.47 bits per heavy atom. The van der Waals surface area contributed by atoms with Crippen LogP contribution in [0.5, 0.6) is 0 Å². The summed E-state index contributed by atoms with van der Waals surface area (Å²) in [6.07, 6.45) is 5.11. The van der Waals surface area contributed by atoms with Gasteiger partial charge in [-0.25, -0.2) is 0 Å². The third-order valence-corrected chi connectivity index (χ3v) is 2.48. The lowest BCUT2D eigenvalue weighted by Crippen LogP contribution is -2.27. The monoisotopic (exact) mass is 241 g/mol. The van der Waals surface area contributed by atoms with E-state index >= 15 is 0 Å². The summed E-state index contributed by atoms with van der Waals surface area (Å²) in [4.78, 5) is 13.2. The Balaban J connectivity index is 3.07. The van der Waals surface area contributed by atoms with Crippen molar-refractivity contribution in [2.45, 2.75) is 0 Å². The fourth-order valence-electron chi connectivity index (χ4n) is 1.10. The van der Waals surface area contributed by atoms with Crippen molar-refractivity contribution in [2.24, 2.45) is 0 Å². The Hall–Kier alpha value is -1.17. The zero-order valence-corrected chi connectivity index (χ0v) is 9.64. The Morgan fingerprint density at radius 2 is 2.00 bits per heavy atom. The second-order valence-corrected chi connectivity index (χ2v) is 3.78. The van der Waals surface area contributed by atoms with Crippen molar-refractivity contribution in [1.29, 1.82) is 0 Å². The molecule has 78 valence electrons. The maximum atomic E-state index is 11.8. The van der Waals surface area contributed by atoms with E-state index in [2.05, 4.69) is 5.92 Å². The van der Waals surface area contributed by atoms with Gasteiger partial charge in [0.05, 0.1) is 22.2 Å². The summed E-state index contributed by atoms with van der Waals surface area (Å²) in [5.74, 6) is 2.10. The molecule has 1 amide bonds. The highest BCUT2D eigenvalue weighted by atomic mass is 35.5. The van der Waals surface area contributed by atoms with Gasteiger partial charge in [0, 0.05) is 7.05 Å². The second kappa shape index (κ2) is 5.06. The van der Waals surface area contributed by atoms with Crippen LogP contribution in [0.2, 0.25) is 10.0 Å². The second-order valence-electron chi connectivity index (χ2n) is 2.96. The highest BCUT2D eigenvalue weighted by Crippen LogP contribution is 2.25. The van der Waals surface area contributed by atoms with Crippen LogP contribution in [0.3, 0.4) is 0 Å². The number of halogens is 2. The van der Waals surface area contributed by atoms with Gasteiger partial charge in [0.2, 0.25) is 0 Å². The van der Waals surface area contributed by atoms with Crippen LogP contribution in [0, 0.1) is 12.3 Å². The maximum absolute atomic E-state index is 11.8. The normalized spacial score (nSPS) is 9.47. The van der Waals surface area contributed by atoms with Crippen LogP contribution in [0.4, 0.5) is 0 Å². The molecule has 0 bridgehead atoms. The summed E-state index contributed by atoms with van der Waals surface area (Å²) in [7, 11) is 1.60. The number of amides is 1. The maximum Gasteiger partial charge on any atom is 0.257 e. The Morgan fingerprint density at radius 1 is 1.47 bits per heavy atom. The lowest BCUT2D eigenvalue weighted by molar-refractivity contribution is 0.0813. The van der Waals surface area contributed by atoms with Gasteiger partial charge in [-0.05, 0) is 12.1 Å². The molecule has 2 nitrogen and oxygen atoms in total. The van der Waals surface area contributed by atoms with Gasteiger partial charge < -0.3 is 4.90 Å². The van der Waals surface area contributed by atoms with Crippen LogP contribution in [-0.4, -0.2) is 24.4 Å². The molecule has 0 unspecified atom stereocenters. The summed E-state index contributed by atoms with van der Waals surface area (Å²) in [6, 6.07) is 4.91. The molecule has 0 atom stereocenters. The number of terminal acetylenes is 1. The van der Waals surface area contributed by atoms with Crippen molar-refractivity contribution in [1.82, 2.24) is 4.90 Å². The molecule has 0 aliphatic carbocycles. The summed E-state index contributed by atoms with van der Waals surface area (Å²) < 4.78 is 0. The molecular formula is C11H9Cl2NO. The van der Waals surface area contributed by atoms with E-state index in [-0.39, 0.29) is 12.5 Å². The molecule has 0 saturated heterocycles. The fourth-order valence-corrected chi connectivity index (χ4v) is 1.66. The van der Waals surface area contributed by atoms with Gasteiger partial charge in [-0.3, -0.25) is 4.79 Å². The minimum atomic E-state index is -0.274. The van der Waals surface area contributed by atoms with E-state index in [1.807, 2.05) is 0 Å². The molecule has 0 aromatic heterocycles. The van der Waals surface area contributed by atoms with Gasteiger partial charge in [0.25, 0.3) is 5.91 Å². The van der Waals surface area contributed by atoms with Crippen LogP contribution in [-0.2, 0) is 0 Å². The van der Waals surface area contributed by atoms with E-state index in [9.17, 15) is 4.79 Å². The third kappa shape index (κ3) is 2.65. The van der Waals surface area contributed by atoms with Crippen LogP contribution >= 0.6 is 23.2 Å². The number of rotatable bonds is 2. The molecule has 0 saturated carbocycles. The molecule has 0 heterocycles. The molecule has 4 heteroatoms. The SMILES string of the molecule is C#CCN(C)C(=O)c1c(Cl)cccc1Cl. The number of hydrogen-bond donors (Lipinski definition) is 0. The molecule has 1 aromatic rings. The zero-order valence-electron chi connectivity index (χ0n) is 8.13. The number of carbonyl (C=O) groups is 1. The molecule has 0 aliphatic heterocycles. The quantitative estimate of drug-likeness (QED) is 0.730. The van der Waals surface area contributed by atoms with Gasteiger partial charge in [0.15, 0.2) is 0 Å². The molecule has 0 N–H and O–H groups in total. The summed E-state index contributed by atoms with van der Waals surface area (Å²) in [5.41, 5.74) is 0.290. The molecule has 1 aromatic carbocycles. The number of nitrogens with zero attached hydrogens (tertiary/aromatic N) is 1. The minimum Gasteiger partial charge on any atom is -0.330 e. The van der Waals surface area contributed by atoms with Crippen molar-refractivity contribution in [3.63, 3.8) is 0 Å². The smallest absolute Gasteiger partial charge is 0.257 e. The van der Waals surface area contributed by atoms with Crippen molar-refractivity contribution < 1.29 is 4.79 Å². The highest BCUT2D eigenvalue weighted by Gasteiger charge is 2.17. The molecule has 0 spiro atoms. The van der Waals surface area contributed by atoms with Gasteiger partial charge in [-0.15, -0.1) is 6.42 Å². The van der Waals surface area contributed by atoms with Crippen molar-refractivity contribution in [2.75, 3.05) is 13.6 Å². The number of hydrogen-bond acceptors (Lipinski definition) is 1. The summed E-state index contributed by atoms with van der Waals surface area (Å²) >= 11 is 11.8. The van der Waals surface area contributed by atoms with Crippen molar-refractivity contribution in [3.05, 3.63) is 33.8 Å². The molecular weight excluding hydrogens is 233 g/mol. The Labute approximate surface area is 98.8 Å². The predicted octanol–water partition coefficient (Wildman–Crippen LogP) is 2.70. The molecule has 0 aliphatic rings. The third-order valence-electron chi connectivity index (χ3n) is 1.85. The number of carbonyl (C=O) groups excluding carboxylic acids is 1. The van der Waals surface area contributed by atoms with Crippen molar-refractivity contribution >= 4 is 29.1 Å². The van der Waals surface area contributed by atoms with Crippen LogP contribution < -0.4 is 0 Å². The zero-order chi connectivity index (χ0) is 11.4. The van der Waals surface area contributed by atoms with E-state index < -0.39 is 0 Å². The van der Waals surface area contributed by atoms with Crippen LogP contribution in [0.25, 0.3) is 0 Å². The van der Waals surface area contributed by atoms with Crippen LogP contribution in [0.15, 0.2) is 18.2 Å². The first-order valence-corrected chi connectivity index (χ1v) is 4.96. The molecule has 0 fully saturated rings. The predicted molar refractivity (Wildman–Crippen MR) is 62.3 cm³/mol. The van der Waals surface area contributed by atoms with E-state index in [4.69, 9.17) is 29.6 Å². The van der Waals surface area contributed by atoms with E-state index in [0.29, 0.717) is 15.6 Å². The fraction of sp³-hybridized carbons (Fsp3) is 0.182. The highest BCUT2D eigenvalue weighted by molar-refractivity contribution is 6.39. The minimum absolute atomic E-state index is 0.223. The number of benzene rings is 1. The van der Waals surface area contributed by atoms with Crippen LogP contribution in [0.1, 0.15) is 10.4 Å². The summed E-state index contributed by atoms with van der Waals surface area (Å²) in [5, 5.41) is 0.660. The van der Waals surface area contributed by atoms with Gasteiger partial charge in [-0.2, -0.15) is 0 Å². The lowest BCUT2D eigenvalue weighted by Gasteiger charge is -2.15. The first-order chi connectivity index (χ1) is 7.07. The van der Waals surface area contributed by atoms with Gasteiger partial charge in [-0.1, -0.05) is 35.2 Å². The van der Waals surface area contributed by atoms with E-state index in [1.54, 1.807) is 25.2 Å². The topological polar surface area (TPSA) is 20.3 Å².